The van der Waals surface area contributed by atoms with Gasteiger partial charge in [-0.3, -0.25) is 10.1 Å². The molecule has 0 aliphatic carbocycles. The molecule has 6 nitrogen and oxygen atoms in total. The molecule has 1 heterocycles. The second-order valence-electron chi connectivity index (χ2n) is 3.57. The summed E-state index contributed by atoms with van der Waals surface area (Å²) in [5.41, 5.74) is -1.64. The SMILES string of the molecule is COc1n[nH]c(NC(=O)c2c(F)c(F)c(F)c(F)c2F)n1. The van der Waals surface area contributed by atoms with Crippen LogP contribution in [0.2, 0.25) is 0 Å². The molecule has 0 saturated carbocycles. The van der Waals surface area contributed by atoms with E-state index in [2.05, 4.69) is 19.9 Å². The summed E-state index contributed by atoms with van der Waals surface area (Å²) in [6, 6.07) is -0.206. The highest BCUT2D eigenvalue weighted by atomic mass is 19.2. The molecule has 2 N–H and O–H groups in total. The van der Waals surface area contributed by atoms with E-state index in [0.717, 1.165) is 0 Å². The number of aromatic amines is 1. The first-order valence-corrected chi connectivity index (χ1v) is 5.16. The van der Waals surface area contributed by atoms with Crippen molar-refractivity contribution in [3.8, 4) is 6.01 Å². The summed E-state index contributed by atoms with van der Waals surface area (Å²) in [4.78, 5) is 15.1. The van der Waals surface area contributed by atoms with Crippen LogP contribution in [0, 0.1) is 29.1 Å². The number of anilines is 1. The zero-order valence-electron chi connectivity index (χ0n) is 10.1. The molecule has 1 aromatic heterocycles. The highest BCUT2D eigenvalue weighted by Crippen LogP contribution is 2.23. The van der Waals surface area contributed by atoms with Crippen LogP contribution in [0.25, 0.3) is 0 Å². The van der Waals surface area contributed by atoms with Crippen LogP contribution in [0.1, 0.15) is 10.4 Å². The van der Waals surface area contributed by atoms with Crippen LogP contribution < -0.4 is 10.1 Å². The van der Waals surface area contributed by atoms with Crippen molar-refractivity contribution >= 4 is 11.9 Å². The van der Waals surface area contributed by atoms with Gasteiger partial charge in [-0.25, -0.2) is 27.1 Å². The van der Waals surface area contributed by atoms with E-state index >= 15 is 0 Å². The van der Waals surface area contributed by atoms with Gasteiger partial charge in [0.1, 0.15) is 5.56 Å². The zero-order chi connectivity index (χ0) is 15.7. The number of amides is 1. The Hall–Kier alpha value is -2.72. The van der Waals surface area contributed by atoms with E-state index in [-0.39, 0.29) is 6.01 Å². The van der Waals surface area contributed by atoms with Crippen molar-refractivity contribution in [1.29, 1.82) is 0 Å². The van der Waals surface area contributed by atoms with Crippen molar-refractivity contribution < 1.29 is 31.5 Å². The van der Waals surface area contributed by atoms with E-state index in [0.29, 0.717) is 0 Å². The van der Waals surface area contributed by atoms with Gasteiger partial charge >= 0.3 is 6.01 Å². The van der Waals surface area contributed by atoms with Crippen LogP contribution in [0.3, 0.4) is 0 Å². The molecule has 2 aromatic rings. The summed E-state index contributed by atoms with van der Waals surface area (Å²) in [6.45, 7) is 0. The number of ether oxygens (including phenoxy) is 1. The molecule has 112 valence electrons. The van der Waals surface area contributed by atoms with Crippen LogP contribution in [0.15, 0.2) is 0 Å². The van der Waals surface area contributed by atoms with Crippen molar-refractivity contribution in [3.63, 3.8) is 0 Å². The zero-order valence-corrected chi connectivity index (χ0v) is 10.1. The fraction of sp³-hybridized carbons (Fsp3) is 0.100. The molecule has 0 radical (unpaired) electrons. The third-order valence-electron chi connectivity index (χ3n) is 2.32. The standard InChI is InChI=1S/C10H5F5N4O2/c1-21-10-17-9(18-19-10)16-8(20)2-3(11)5(13)7(15)6(14)4(2)12/h1H3,(H2,16,17,18,19,20). The monoisotopic (exact) mass is 308 g/mol. The van der Waals surface area contributed by atoms with Crippen LogP contribution in [-0.2, 0) is 0 Å². The Balaban J connectivity index is 2.39. The fourth-order valence-electron chi connectivity index (χ4n) is 1.37. The second-order valence-corrected chi connectivity index (χ2v) is 3.57. The summed E-state index contributed by atoms with van der Waals surface area (Å²) >= 11 is 0. The van der Waals surface area contributed by atoms with E-state index in [1.165, 1.54) is 7.11 Å². The highest BCUT2D eigenvalue weighted by molar-refractivity contribution is 6.03. The van der Waals surface area contributed by atoms with Gasteiger partial charge in [0.25, 0.3) is 5.91 Å². The Labute approximate surface area is 112 Å². The first-order valence-electron chi connectivity index (χ1n) is 5.16. The molecule has 0 unspecified atom stereocenters. The van der Waals surface area contributed by atoms with Gasteiger partial charge in [0, 0.05) is 0 Å². The van der Waals surface area contributed by atoms with E-state index < -0.39 is 46.5 Å². The highest BCUT2D eigenvalue weighted by Gasteiger charge is 2.30. The van der Waals surface area contributed by atoms with E-state index in [1.807, 2.05) is 0 Å². The maximum absolute atomic E-state index is 13.4. The Kier molecular flexibility index (Phi) is 3.74. The summed E-state index contributed by atoms with van der Waals surface area (Å²) in [6.07, 6.45) is 0. The summed E-state index contributed by atoms with van der Waals surface area (Å²) < 4.78 is 70.1. The number of nitrogens with one attached hydrogen (secondary N) is 2. The van der Waals surface area contributed by atoms with Crippen molar-refractivity contribution in [2.45, 2.75) is 0 Å². The summed E-state index contributed by atoms with van der Waals surface area (Å²) in [5, 5.41) is 7.30. The molecule has 2 rings (SSSR count). The van der Waals surface area contributed by atoms with E-state index in [4.69, 9.17) is 0 Å². The number of carbonyl (C=O) groups is 1. The normalized spacial score (nSPS) is 10.6. The van der Waals surface area contributed by atoms with Gasteiger partial charge in [0.2, 0.25) is 11.8 Å². The lowest BCUT2D eigenvalue weighted by molar-refractivity contribution is 0.101. The fourth-order valence-corrected chi connectivity index (χ4v) is 1.37. The number of hydrogen-bond acceptors (Lipinski definition) is 4. The Morgan fingerprint density at radius 2 is 1.57 bits per heavy atom. The molecule has 0 aliphatic heterocycles. The molecule has 0 aliphatic rings. The molecule has 0 fully saturated rings. The number of methoxy groups -OCH3 is 1. The van der Waals surface area contributed by atoms with Crippen molar-refractivity contribution in [1.82, 2.24) is 15.2 Å². The predicted octanol–water partition coefficient (Wildman–Crippen LogP) is 1.76. The van der Waals surface area contributed by atoms with Crippen LogP contribution in [-0.4, -0.2) is 28.2 Å². The number of carbonyl (C=O) groups excluding carboxylic acids is 1. The van der Waals surface area contributed by atoms with Crippen molar-refractivity contribution in [2.75, 3.05) is 12.4 Å². The molecule has 0 spiro atoms. The van der Waals surface area contributed by atoms with E-state index in [1.54, 1.807) is 5.32 Å². The molecule has 21 heavy (non-hydrogen) atoms. The predicted molar refractivity (Wildman–Crippen MR) is 57.1 cm³/mol. The number of benzene rings is 1. The quantitative estimate of drug-likeness (QED) is 0.514. The number of aromatic nitrogens is 3. The number of H-pyrrole nitrogens is 1. The lowest BCUT2D eigenvalue weighted by Crippen LogP contribution is -2.20. The largest absolute Gasteiger partial charge is 0.466 e. The first-order chi connectivity index (χ1) is 9.86. The lowest BCUT2D eigenvalue weighted by atomic mass is 10.1. The molecular weight excluding hydrogens is 303 g/mol. The van der Waals surface area contributed by atoms with Gasteiger partial charge in [0.05, 0.1) is 7.11 Å². The molecule has 0 bridgehead atoms. The van der Waals surface area contributed by atoms with Crippen molar-refractivity contribution in [2.24, 2.45) is 0 Å². The van der Waals surface area contributed by atoms with Gasteiger partial charge in [0.15, 0.2) is 23.3 Å². The third-order valence-corrected chi connectivity index (χ3v) is 2.32. The van der Waals surface area contributed by atoms with Gasteiger partial charge in [-0.2, -0.15) is 4.98 Å². The minimum Gasteiger partial charge on any atom is -0.466 e. The summed E-state index contributed by atoms with van der Waals surface area (Å²) in [7, 11) is 1.21. The smallest absolute Gasteiger partial charge is 0.336 e. The maximum atomic E-state index is 13.4. The minimum absolute atomic E-state index is 0.206. The Morgan fingerprint density at radius 3 is 2.05 bits per heavy atom. The number of hydrogen-bond donors (Lipinski definition) is 2. The minimum atomic E-state index is -2.36. The molecule has 0 saturated heterocycles. The van der Waals surface area contributed by atoms with Gasteiger partial charge < -0.3 is 4.74 Å². The Bertz CT molecular complexity index is 689. The van der Waals surface area contributed by atoms with Gasteiger partial charge in [-0.15, -0.1) is 5.10 Å². The number of rotatable bonds is 3. The van der Waals surface area contributed by atoms with E-state index in [9.17, 15) is 26.7 Å². The topological polar surface area (TPSA) is 79.9 Å². The summed E-state index contributed by atoms with van der Waals surface area (Å²) in [5.74, 6) is -13.3. The van der Waals surface area contributed by atoms with Gasteiger partial charge in [-0.05, 0) is 0 Å². The average molecular weight is 308 g/mol. The van der Waals surface area contributed by atoms with Crippen LogP contribution in [0.4, 0.5) is 27.9 Å². The number of halogens is 5. The average Bonchev–Trinajstić information content (AvgIpc) is 2.90. The first kappa shape index (κ1) is 14.7. The van der Waals surface area contributed by atoms with Gasteiger partial charge in [-0.1, -0.05) is 0 Å². The third kappa shape index (κ3) is 2.49. The molecule has 1 aromatic carbocycles. The van der Waals surface area contributed by atoms with Crippen molar-refractivity contribution in [3.05, 3.63) is 34.6 Å². The van der Waals surface area contributed by atoms with Crippen LogP contribution >= 0.6 is 0 Å². The molecular formula is C10H5F5N4O2. The number of nitrogens with zero attached hydrogens (tertiary/aromatic N) is 2. The molecule has 11 heteroatoms. The van der Waals surface area contributed by atoms with Crippen LogP contribution in [0.5, 0.6) is 6.01 Å². The molecule has 1 amide bonds. The Morgan fingerprint density at radius 1 is 1.05 bits per heavy atom. The maximum Gasteiger partial charge on any atom is 0.336 e. The molecule has 0 atom stereocenters. The lowest BCUT2D eigenvalue weighted by Gasteiger charge is -2.07. The second kappa shape index (κ2) is 5.34.